The van der Waals surface area contributed by atoms with Crippen LogP contribution in [-0.4, -0.2) is 47.0 Å². The van der Waals surface area contributed by atoms with Gasteiger partial charge in [0.25, 0.3) is 0 Å². The van der Waals surface area contributed by atoms with Crippen LogP contribution in [0, 0.1) is 0 Å². The number of thiazole rings is 1. The maximum absolute atomic E-state index is 5.88. The van der Waals surface area contributed by atoms with Crippen LogP contribution in [-0.2, 0) is 6.54 Å². The van der Waals surface area contributed by atoms with Crippen LogP contribution in [0.5, 0.6) is 0 Å². The van der Waals surface area contributed by atoms with Crippen molar-refractivity contribution in [2.45, 2.75) is 51.2 Å². The quantitative estimate of drug-likeness (QED) is 0.925. The molecule has 3 rings (SSSR count). The first-order valence-electron chi connectivity index (χ1n) is 7.88. The van der Waals surface area contributed by atoms with Crippen molar-refractivity contribution in [3.8, 4) is 0 Å². The van der Waals surface area contributed by atoms with Crippen LogP contribution in [0.3, 0.4) is 0 Å². The summed E-state index contributed by atoms with van der Waals surface area (Å²) in [4.78, 5) is 9.91. The van der Waals surface area contributed by atoms with Crippen LogP contribution < -0.4 is 5.73 Å². The van der Waals surface area contributed by atoms with E-state index in [9.17, 15) is 0 Å². The molecule has 112 valence electrons. The van der Waals surface area contributed by atoms with E-state index in [0.29, 0.717) is 0 Å². The van der Waals surface area contributed by atoms with Gasteiger partial charge in [-0.1, -0.05) is 6.42 Å². The highest BCUT2D eigenvalue weighted by Crippen LogP contribution is 2.23. The Morgan fingerprint density at radius 1 is 1.35 bits per heavy atom. The molecule has 1 aromatic heterocycles. The zero-order valence-electron chi connectivity index (χ0n) is 12.4. The van der Waals surface area contributed by atoms with E-state index in [1.165, 1.54) is 57.6 Å². The fraction of sp³-hybridized carbons (Fsp3) is 0.800. The molecular formula is C15H26N4S. The Labute approximate surface area is 126 Å². The molecular weight excluding hydrogens is 268 g/mol. The van der Waals surface area contributed by atoms with Gasteiger partial charge in [0.05, 0.1) is 11.7 Å². The molecule has 0 bridgehead atoms. The third kappa shape index (κ3) is 3.39. The smallest absolute Gasteiger partial charge is 0.109 e. The Morgan fingerprint density at radius 3 is 2.85 bits per heavy atom. The lowest BCUT2D eigenvalue weighted by Gasteiger charge is -2.32. The fourth-order valence-corrected chi connectivity index (χ4v) is 4.14. The zero-order chi connectivity index (χ0) is 13.9. The second-order valence-corrected chi connectivity index (χ2v) is 7.13. The molecule has 0 radical (unpaired) electrons. The van der Waals surface area contributed by atoms with E-state index in [4.69, 9.17) is 5.73 Å². The van der Waals surface area contributed by atoms with Gasteiger partial charge >= 0.3 is 0 Å². The van der Waals surface area contributed by atoms with Crippen molar-refractivity contribution in [1.82, 2.24) is 14.8 Å². The summed E-state index contributed by atoms with van der Waals surface area (Å²) in [5.74, 6) is 0. The first-order valence-corrected chi connectivity index (χ1v) is 8.76. The summed E-state index contributed by atoms with van der Waals surface area (Å²) in [6.45, 7) is 8.05. The van der Waals surface area contributed by atoms with E-state index < -0.39 is 0 Å². The summed E-state index contributed by atoms with van der Waals surface area (Å²) in [6.07, 6.45) is 5.52. The molecule has 0 amide bonds. The number of hydrogen-bond donors (Lipinski definition) is 1. The highest BCUT2D eigenvalue weighted by molar-refractivity contribution is 7.09. The van der Waals surface area contributed by atoms with Crippen LogP contribution in [0.1, 0.15) is 49.4 Å². The lowest BCUT2D eigenvalue weighted by Crippen LogP contribution is -2.40. The van der Waals surface area contributed by atoms with Gasteiger partial charge in [-0.15, -0.1) is 11.3 Å². The third-order valence-corrected chi connectivity index (χ3v) is 5.59. The van der Waals surface area contributed by atoms with Crippen LogP contribution in [0.4, 0.5) is 0 Å². The third-order valence-electron chi connectivity index (χ3n) is 4.50. The maximum Gasteiger partial charge on any atom is 0.109 e. The molecule has 2 aliphatic rings. The summed E-state index contributed by atoms with van der Waals surface area (Å²) in [5, 5.41) is 3.24. The van der Waals surface area contributed by atoms with Gasteiger partial charge in [0.1, 0.15) is 5.01 Å². The Kier molecular flexibility index (Phi) is 4.71. The van der Waals surface area contributed by atoms with Gasteiger partial charge in [-0.05, 0) is 39.3 Å². The largest absolute Gasteiger partial charge is 0.322 e. The highest BCUT2D eigenvalue weighted by Gasteiger charge is 2.28. The number of piperidine rings is 1. The molecule has 4 nitrogen and oxygen atoms in total. The minimum Gasteiger partial charge on any atom is -0.322 e. The molecule has 2 atom stereocenters. The van der Waals surface area contributed by atoms with Crippen LogP contribution in [0.2, 0.25) is 0 Å². The van der Waals surface area contributed by atoms with Crippen LogP contribution in [0.15, 0.2) is 5.38 Å². The van der Waals surface area contributed by atoms with E-state index in [-0.39, 0.29) is 6.04 Å². The van der Waals surface area contributed by atoms with Crippen molar-refractivity contribution in [3.05, 3.63) is 16.1 Å². The molecule has 0 spiro atoms. The standard InChI is InChI=1S/C15H26N4S/c1-12(16)15-17-13(11-20-15)9-18-8-5-14(10-18)19-6-3-2-4-7-19/h11-12,14H,2-10,16H2,1H3. The van der Waals surface area contributed by atoms with E-state index >= 15 is 0 Å². The molecule has 5 heteroatoms. The summed E-state index contributed by atoms with van der Waals surface area (Å²) in [7, 11) is 0. The lowest BCUT2D eigenvalue weighted by molar-refractivity contribution is 0.161. The number of nitrogens with zero attached hydrogens (tertiary/aromatic N) is 3. The molecule has 2 unspecified atom stereocenters. The Hall–Kier alpha value is -0.490. The summed E-state index contributed by atoms with van der Waals surface area (Å²) < 4.78 is 0. The van der Waals surface area contributed by atoms with Crippen molar-refractivity contribution in [2.24, 2.45) is 5.73 Å². The molecule has 2 fully saturated rings. The van der Waals surface area contributed by atoms with Gasteiger partial charge in [-0.25, -0.2) is 4.98 Å². The first kappa shape index (κ1) is 14.4. The summed E-state index contributed by atoms with van der Waals surface area (Å²) >= 11 is 1.70. The molecule has 0 aliphatic carbocycles. The molecule has 2 saturated heterocycles. The van der Waals surface area contributed by atoms with Gasteiger partial charge in [-0.3, -0.25) is 9.80 Å². The Morgan fingerprint density at radius 2 is 2.15 bits per heavy atom. The summed E-state index contributed by atoms with van der Waals surface area (Å²) in [5.41, 5.74) is 7.08. The second-order valence-electron chi connectivity index (χ2n) is 6.24. The van der Waals surface area contributed by atoms with Crippen molar-refractivity contribution in [3.63, 3.8) is 0 Å². The number of aromatic nitrogens is 1. The van der Waals surface area contributed by atoms with Crippen LogP contribution >= 0.6 is 11.3 Å². The topological polar surface area (TPSA) is 45.4 Å². The maximum atomic E-state index is 5.88. The molecule has 0 aromatic carbocycles. The van der Waals surface area contributed by atoms with Crippen molar-refractivity contribution >= 4 is 11.3 Å². The number of hydrogen-bond acceptors (Lipinski definition) is 5. The van der Waals surface area contributed by atoms with Gasteiger partial charge < -0.3 is 5.73 Å². The highest BCUT2D eigenvalue weighted by atomic mass is 32.1. The fourth-order valence-electron chi connectivity index (χ4n) is 3.37. The van der Waals surface area contributed by atoms with E-state index in [1.54, 1.807) is 11.3 Å². The lowest BCUT2D eigenvalue weighted by atomic mass is 10.1. The van der Waals surface area contributed by atoms with E-state index in [0.717, 1.165) is 17.6 Å². The van der Waals surface area contributed by atoms with Gasteiger partial charge in [0, 0.05) is 31.1 Å². The number of likely N-dealkylation sites (tertiary alicyclic amines) is 2. The van der Waals surface area contributed by atoms with E-state index in [2.05, 4.69) is 20.2 Å². The molecule has 1 aromatic rings. The zero-order valence-corrected chi connectivity index (χ0v) is 13.2. The van der Waals surface area contributed by atoms with Crippen molar-refractivity contribution in [1.29, 1.82) is 0 Å². The minimum atomic E-state index is 0.0634. The molecule has 2 aliphatic heterocycles. The normalized spacial score (nSPS) is 27.0. The van der Waals surface area contributed by atoms with Gasteiger partial charge in [-0.2, -0.15) is 0 Å². The average Bonchev–Trinajstić information content (AvgIpc) is 3.10. The predicted octanol–water partition coefficient (Wildman–Crippen LogP) is 2.22. The molecule has 2 N–H and O–H groups in total. The second kappa shape index (κ2) is 6.52. The van der Waals surface area contributed by atoms with Crippen LogP contribution in [0.25, 0.3) is 0 Å². The van der Waals surface area contributed by atoms with Gasteiger partial charge in [0.15, 0.2) is 0 Å². The molecule has 0 saturated carbocycles. The predicted molar refractivity (Wildman–Crippen MR) is 83.8 cm³/mol. The minimum absolute atomic E-state index is 0.0634. The van der Waals surface area contributed by atoms with Crippen molar-refractivity contribution < 1.29 is 0 Å². The van der Waals surface area contributed by atoms with Crippen molar-refractivity contribution in [2.75, 3.05) is 26.2 Å². The number of rotatable bonds is 4. The van der Waals surface area contributed by atoms with Gasteiger partial charge in [0.2, 0.25) is 0 Å². The van der Waals surface area contributed by atoms with E-state index in [1.807, 2.05) is 6.92 Å². The Balaban J connectivity index is 1.51. The molecule has 20 heavy (non-hydrogen) atoms. The molecule has 3 heterocycles. The Bertz CT molecular complexity index is 425. The first-order chi connectivity index (χ1) is 9.72. The average molecular weight is 294 g/mol. The summed E-state index contributed by atoms with van der Waals surface area (Å²) in [6, 6.07) is 0.843. The monoisotopic (exact) mass is 294 g/mol. The SMILES string of the molecule is CC(N)c1nc(CN2CCC(N3CCCCC3)C2)cs1. The number of nitrogens with two attached hydrogens (primary N) is 1.